The highest BCUT2D eigenvalue weighted by atomic mass is 79.9. The van der Waals surface area contributed by atoms with Crippen molar-refractivity contribution in [1.82, 2.24) is 14.1 Å². The van der Waals surface area contributed by atoms with Gasteiger partial charge in [-0.2, -0.15) is 0 Å². The molecule has 120 valence electrons. The maximum Gasteiger partial charge on any atom is 0.329 e. The summed E-state index contributed by atoms with van der Waals surface area (Å²) in [5.41, 5.74) is 2.78. The van der Waals surface area contributed by atoms with Gasteiger partial charge in [0.25, 0.3) is 0 Å². The van der Waals surface area contributed by atoms with E-state index in [4.69, 9.17) is 4.74 Å². The Morgan fingerprint density at radius 2 is 2.17 bits per heavy atom. The van der Waals surface area contributed by atoms with Gasteiger partial charge in [0, 0.05) is 30.1 Å². The molecule has 23 heavy (non-hydrogen) atoms. The molecule has 0 bridgehead atoms. The third-order valence-corrected chi connectivity index (χ3v) is 5.43. The van der Waals surface area contributed by atoms with Crippen LogP contribution in [0.5, 0.6) is 0 Å². The van der Waals surface area contributed by atoms with Gasteiger partial charge in [-0.05, 0) is 37.5 Å². The van der Waals surface area contributed by atoms with E-state index in [0.29, 0.717) is 0 Å². The van der Waals surface area contributed by atoms with Crippen molar-refractivity contribution in [3.63, 3.8) is 0 Å². The lowest BCUT2D eigenvalue weighted by atomic mass is 10.1. The highest BCUT2D eigenvalue weighted by Gasteiger charge is 2.29. The monoisotopic (exact) mass is 375 g/mol. The van der Waals surface area contributed by atoms with E-state index >= 15 is 0 Å². The van der Waals surface area contributed by atoms with Crippen LogP contribution in [0.15, 0.2) is 33.7 Å². The molecule has 1 fully saturated rings. The average molecular weight is 376 g/mol. The van der Waals surface area contributed by atoms with Crippen LogP contribution in [-0.2, 0) is 11.8 Å². The van der Waals surface area contributed by atoms with Crippen molar-refractivity contribution in [2.45, 2.75) is 31.4 Å². The smallest absolute Gasteiger partial charge is 0.329 e. The van der Waals surface area contributed by atoms with Crippen LogP contribution in [0.2, 0.25) is 0 Å². The second-order valence-electron chi connectivity index (χ2n) is 6.19. The Morgan fingerprint density at radius 3 is 2.91 bits per heavy atom. The Morgan fingerprint density at radius 1 is 1.35 bits per heavy atom. The van der Waals surface area contributed by atoms with Gasteiger partial charge in [0.05, 0.1) is 28.9 Å². The number of aryl methyl sites for hydroxylation is 1. The molecule has 3 aromatic rings. The zero-order valence-electron chi connectivity index (χ0n) is 13.1. The maximum absolute atomic E-state index is 12.8. The fourth-order valence-corrected chi connectivity index (χ4v) is 4.07. The minimum atomic E-state index is 0.0241. The number of ether oxygens (including phenoxy) is 1. The molecule has 1 aromatic carbocycles. The standard InChI is InChI=1S/C17H18BrN3O2/c1-20-15-9-19-14-6-3-10(18)7-13(14)16(15)21(17(20)22)11-4-5-12(8-11)23-2/h3,6-7,9,11-12H,4-5,8H2,1-2H3/t11-,12+/m0/s1. The molecule has 1 aliphatic carbocycles. The molecule has 1 saturated carbocycles. The summed E-state index contributed by atoms with van der Waals surface area (Å²) in [4.78, 5) is 17.3. The first-order chi connectivity index (χ1) is 11.1. The van der Waals surface area contributed by atoms with Crippen LogP contribution in [0.3, 0.4) is 0 Å². The van der Waals surface area contributed by atoms with E-state index in [1.807, 2.05) is 29.8 Å². The van der Waals surface area contributed by atoms with Gasteiger partial charge in [0.2, 0.25) is 0 Å². The topological polar surface area (TPSA) is 49.0 Å². The lowest BCUT2D eigenvalue weighted by molar-refractivity contribution is 0.106. The molecule has 0 amide bonds. The lowest BCUT2D eigenvalue weighted by Gasteiger charge is -2.13. The molecular weight excluding hydrogens is 358 g/mol. The second-order valence-corrected chi connectivity index (χ2v) is 7.11. The largest absolute Gasteiger partial charge is 0.381 e. The molecule has 6 heteroatoms. The van der Waals surface area contributed by atoms with Crippen molar-refractivity contribution in [2.75, 3.05) is 7.11 Å². The third-order valence-electron chi connectivity index (χ3n) is 4.93. The molecule has 0 unspecified atom stereocenters. The van der Waals surface area contributed by atoms with Gasteiger partial charge in [-0.15, -0.1) is 0 Å². The number of hydrogen-bond acceptors (Lipinski definition) is 3. The van der Waals surface area contributed by atoms with Crippen LogP contribution in [0.25, 0.3) is 21.9 Å². The van der Waals surface area contributed by atoms with E-state index in [9.17, 15) is 4.79 Å². The summed E-state index contributed by atoms with van der Waals surface area (Å²) >= 11 is 3.53. The van der Waals surface area contributed by atoms with Crippen LogP contribution in [0, 0.1) is 0 Å². The number of rotatable bonds is 2. The highest BCUT2D eigenvalue weighted by Crippen LogP contribution is 2.35. The zero-order valence-corrected chi connectivity index (χ0v) is 14.7. The quantitative estimate of drug-likeness (QED) is 0.689. The summed E-state index contributed by atoms with van der Waals surface area (Å²) in [6.07, 6.45) is 4.88. The Bertz CT molecular complexity index is 960. The van der Waals surface area contributed by atoms with Gasteiger partial charge in [0.15, 0.2) is 0 Å². The zero-order chi connectivity index (χ0) is 16.1. The number of imidazole rings is 1. The summed E-state index contributed by atoms with van der Waals surface area (Å²) < 4.78 is 10.1. The third kappa shape index (κ3) is 2.23. The number of halogens is 1. The van der Waals surface area contributed by atoms with E-state index in [1.165, 1.54) is 0 Å². The van der Waals surface area contributed by atoms with Gasteiger partial charge in [-0.3, -0.25) is 14.1 Å². The second kappa shape index (κ2) is 5.46. The number of nitrogens with zero attached hydrogens (tertiary/aromatic N) is 3. The van der Waals surface area contributed by atoms with Gasteiger partial charge >= 0.3 is 5.69 Å². The predicted octanol–water partition coefficient (Wildman–Crippen LogP) is 3.39. The fourth-order valence-electron chi connectivity index (χ4n) is 3.70. The van der Waals surface area contributed by atoms with E-state index in [2.05, 4.69) is 20.9 Å². The normalized spacial score (nSPS) is 21.5. The minimum Gasteiger partial charge on any atom is -0.381 e. The molecule has 1 aliphatic rings. The highest BCUT2D eigenvalue weighted by molar-refractivity contribution is 9.10. The van der Waals surface area contributed by atoms with Gasteiger partial charge in [-0.1, -0.05) is 15.9 Å². The Hall–Kier alpha value is -1.66. The van der Waals surface area contributed by atoms with Crippen molar-refractivity contribution in [2.24, 2.45) is 7.05 Å². The molecule has 2 aromatic heterocycles. The predicted molar refractivity (Wildman–Crippen MR) is 93.9 cm³/mol. The number of aromatic nitrogens is 3. The summed E-state index contributed by atoms with van der Waals surface area (Å²) in [6, 6.07) is 6.18. The van der Waals surface area contributed by atoms with Crippen LogP contribution in [0.4, 0.5) is 0 Å². The molecule has 4 rings (SSSR count). The van der Waals surface area contributed by atoms with Crippen molar-refractivity contribution in [3.8, 4) is 0 Å². The Balaban J connectivity index is 2.04. The van der Waals surface area contributed by atoms with E-state index in [-0.39, 0.29) is 17.8 Å². The van der Waals surface area contributed by atoms with Crippen molar-refractivity contribution in [3.05, 3.63) is 39.4 Å². The molecule has 0 aliphatic heterocycles. The molecule has 2 atom stereocenters. The van der Waals surface area contributed by atoms with E-state index in [0.717, 1.165) is 45.7 Å². The van der Waals surface area contributed by atoms with Crippen molar-refractivity contribution < 1.29 is 4.74 Å². The number of pyridine rings is 1. The molecule has 0 saturated heterocycles. The van der Waals surface area contributed by atoms with Gasteiger partial charge in [-0.25, -0.2) is 4.79 Å². The average Bonchev–Trinajstić information content (AvgIpc) is 3.11. The SMILES string of the molecule is CO[C@@H]1CC[C@H](n2c(=O)n(C)c3cnc4ccc(Br)cc4c32)C1. The number of fused-ring (bicyclic) bond motifs is 3. The van der Waals surface area contributed by atoms with Crippen LogP contribution >= 0.6 is 15.9 Å². The summed E-state index contributed by atoms with van der Waals surface area (Å²) in [5.74, 6) is 0. The number of methoxy groups -OCH3 is 1. The van der Waals surface area contributed by atoms with Crippen molar-refractivity contribution >= 4 is 37.9 Å². The minimum absolute atomic E-state index is 0.0241. The number of benzene rings is 1. The molecule has 5 nitrogen and oxygen atoms in total. The Labute approximate surface area is 142 Å². The summed E-state index contributed by atoms with van der Waals surface area (Å²) in [6.45, 7) is 0. The molecule has 0 spiro atoms. The first kappa shape index (κ1) is 14.9. The van der Waals surface area contributed by atoms with Crippen LogP contribution in [-0.4, -0.2) is 27.3 Å². The van der Waals surface area contributed by atoms with Gasteiger partial charge in [0.1, 0.15) is 0 Å². The maximum atomic E-state index is 12.8. The molecule has 0 N–H and O–H groups in total. The Kier molecular flexibility index (Phi) is 3.54. The molecular formula is C17H18BrN3O2. The van der Waals surface area contributed by atoms with Gasteiger partial charge < -0.3 is 4.74 Å². The number of hydrogen-bond donors (Lipinski definition) is 0. The van der Waals surface area contributed by atoms with E-state index < -0.39 is 0 Å². The van der Waals surface area contributed by atoms with Crippen LogP contribution < -0.4 is 5.69 Å². The first-order valence-electron chi connectivity index (χ1n) is 7.78. The fraction of sp³-hybridized carbons (Fsp3) is 0.412. The lowest BCUT2D eigenvalue weighted by Crippen LogP contribution is -2.25. The van der Waals surface area contributed by atoms with Crippen molar-refractivity contribution in [1.29, 1.82) is 0 Å². The molecule has 0 radical (unpaired) electrons. The summed E-state index contributed by atoms with van der Waals surface area (Å²) in [7, 11) is 3.56. The molecule has 2 heterocycles. The summed E-state index contributed by atoms with van der Waals surface area (Å²) in [5, 5.41) is 1.01. The van der Waals surface area contributed by atoms with E-state index in [1.54, 1.807) is 17.9 Å². The first-order valence-corrected chi connectivity index (χ1v) is 8.57. The van der Waals surface area contributed by atoms with Crippen LogP contribution in [0.1, 0.15) is 25.3 Å².